The van der Waals surface area contributed by atoms with Crippen molar-refractivity contribution < 1.29 is 38.5 Å². The van der Waals surface area contributed by atoms with Crippen LogP contribution in [0, 0.1) is 43.8 Å². The molecule has 3 saturated carbocycles. The Hall–Kier alpha value is -2.12. The molecule has 0 aromatic carbocycles. The van der Waals surface area contributed by atoms with Crippen molar-refractivity contribution >= 4 is 23.9 Å². The minimum Gasteiger partial charge on any atom is -0.481 e. The molecule has 0 aromatic heterocycles. The van der Waals surface area contributed by atoms with Crippen LogP contribution in [0.2, 0.25) is 0 Å². The van der Waals surface area contributed by atoms with E-state index in [0.29, 0.717) is 5.92 Å². The number of rotatable bonds is 8. The first-order valence-corrected chi connectivity index (χ1v) is 13.7. The molecule has 3 rings (SSSR count). The molecule has 0 aromatic rings. The van der Waals surface area contributed by atoms with Gasteiger partial charge in [0.2, 0.25) is 0 Å². The van der Waals surface area contributed by atoms with Crippen molar-refractivity contribution in [2.75, 3.05) is 7.11 Å². The number of esters is 3. The minimum absolute atomic E-state index is 0. The van der Waals surface area contributed by atoms with Gasteiger partial charge >= 0.3 is 23.9 Å². The SMILES string of the molecule is C.C.C.C.C.C.C.C.COC(=O)C(C)(C(C)(C)C(=O)O)C(C)(C(=O)OC(C)(C)C)C(C)(C)C(=O)OC1CC2CCC3(C)C(C)(C)C213. The molecule has 3 aliphatic rings. The number of carboxylic acids is 1. The van der Waals surface area contributed by atoms with Gasteiger partial charge in [0.1, 0.15) is 11.7 Å². The lowest BCUT2D eigenvalue weighted by atomic mass is 9.45. The number of carboxylic acid groups (broad SMARTS) is 1. The van der Waals surface area contributed by atoms with Crippen LogP contribution in [0.5, 0.6) is 0 Å². The number of hydrogen-bond donors (Lipinski definition) is 1. The third-order valence-electron chi connectivity index (χ3n) is 12.1. The quantitative estimate of drug-likeness (QED) is 0.201. The molecular weight excluding hydrogens is 584 g/mol. The largest absolute Gasteiger partial charge is 0.481 e. The topological polar surface area (TPSA) is 116 Å². The van der Waals surface area contributed by atoms with Gasteiger partial charge in [-0.3, -0.25) is 19.2 Å². The maximum atomic E-state index is 14.2. The maximum Gasteiger partial charge on any atom is 0.314 e. The molecule has 0 amide bonds. The fraction of sp³-hybridized carbons (Fsp3) is 0.895. The average Bonchev–Trinajstić information content (AvgIpc) is 3.04. The Labute approximate surface area is 286 Å². The van der Waals surface area contributed by atoms with E-state index in [1.54, 1.807) is 20.8 Å². The molecule has 3 aliphatic carbocycles. The van der Waals surface area contributed by atoms with Crippen LogP contribution in [0.15, 0.2) is 0 Å². The molecule has 0 bridgehead atoms. The molecule has 280 valence electrons. The molecule has 8 nitrogen and oxygen atoms in total. The summed E-state index contributed by atoms with van der Waals surface area (Å²) in [6.07, 6.45) is 2.66. The fourth-order valence-corrected chi connectivity index (χ4v) is 8.63. The van der Waals surface area contributed by atoms with Crippen LogP contribution in [0.25, 0.3) is 0 Å². The van der Waals surface area contributed by atoms with Crippen LogP contribution in [0.1, 0.15) is 162 Å². The molecule has 0 heterocycles. The summed E-state index contributed by atoms with van der Waals surface area (Å²) in [5.74, 6) is -3.26. The number of ether oxygens (including phenoxy) is 3. The van der Waals surface area contributed by atoms with E-state index in [1.165, 1.54) is 41.5 Å². The highest BCUT2D eigenvalue weighted by molar-refractivity contribution is 5.97. The number of carbonyl (C=O) groups excluding carboxylic acids is 3. The van der Waals surface area contributed by atoms with Gasteiger partial charge in [-0.25, -0.2) is 0 Å². The Kier molecular flexibility index (Phi) is 18.8. The lowest BCUT2D eigenvalue weighted by molar-refractivity contribution is -0.224. The van der Waals surface area contributed by atoms with Gasteiger partial charge in [-0.2, -0.15) is 0 Å². The second-order valence-electron chi connectivity index (χ2n) is 15.0. The van der Waals surface area contributed by atoms with Gasteiger partial charge in [-0.05, 0) is 98.3 Å². The monoisotopic (exact) mass is 665 g/mol. The molecule has 6 unspecified atom stereocenters. The van der Waals surface area contributed by atoms with E-state index in [4.69, 9.17) is 14.2 Å². The third-order valence-corrected chi connectivity index (χ3v) is 12.1. The van der Waals surface area contributed by atoms with Gasteiger partial charge in [0.25, 0.3) is 0 Å². The Balaban J connectivity index is -0.000000500. The number of hydrogen-bond acceptors (Lipinski definition) is 7. The highest BCUT2D eigenvalue weighted by atomic mass is 16.6. The summed E-state index contributed by atoms with van der Waals surface area (Å²) < 4.78 is 17.2. The fourth-order valence-electron chi connectivity index (χ4n) is 8.63. The van der Waals surface area contributed by atoms with Crippen molar-refractivity contribution in [3.8, 4) is 0 Å². The Morgan fingerprint density at radius 3 is 1.41 bits per heavy atom. The lowest BCUT2D eigenvalue weighted by Crippen LogP contribution is -2.67. The molecule has 46 heavy (non-hydrogen) atoms. The van der Waals surface area contributed by atoms with Crippen molar-refractivity contribution in [1.82, 2.24) is 0 Å². The zero-order chi connectivity index (χ0) is 29.7. The lowest BCUT2D eigenvalue weighted by Gasteiger charge is -2.55. The van der Waals surface area contributed by atoms with Crippen molar-refractivity contribution in [3.63, 3.8) is 0 Å². The Bertz CT molecular complexity index is 1070. The maximum absolute atomic E-state index is 14.2. The molecule has 1 N–H and O–H groups in total. The predicted octanol–water partition coefficient (Wildman–Crippen LogP) is 10.5. The van der Waals surface area contributed by atoms with Crippen molar-refractivity contribution in [2.45, 2.75) is 173 Å². The molecule has 6 atom stereocenters. The molecule has 0 aliphatic heterocycles. The molecule has 0 saturated heterocycles. The Morgan fingerprint density at radius 1 is 0.674 bits per heavy atom. The number of methoxy groups -OCH3 is 1. The highest BCUT2D eigenvalue weighted by Crippen LogP contribution is 2.93. The third kappa shape index (κ3) is 6.13. The van der Waals surface area contributed by atoms with Gasteiger partial charge in [-0.1, -0.05) is 80.2 Å². The molecule has 8 heteroatoms. The molecular formula is C38H80O8. The molecule has 0 radical (unpaired) electrons. The van der Waals surface area contributed by atoms with Crippen LogP contribution in [-0.4, -0.2) is 47.8 Å². The zero-order valence-electron chi connectivity index (χ0n) is 25.6. The zero-order valence-corrected chi connectivity index (χ0v) is 25.6. The Morgan fingerprint density at radius 2 is 1.09 bits per heavy atom. The van der Waals surface area contributed by atoms with Gasteiger partial charge in [0.05, 0.1) is 28.8 Å². The summed E-state index contributed by atoms with van der Waals surface area (Å²) in [5, 5.41) is 10.2. The number of aliphatic carboxylic acids is 1. The van der Waals surface area contributed by atoms with E-state index in [-0.39, 0.29) is 81.8 Å². The van der Waals surface area contributed by atoms with Crippen LogP contribution in [-0.2, 0) is 33.4 Å². The van der Waals surface area contributed by atoms with E-state index in [2.05, 4.69) is 20.8 Å². The van der Waals surface area contributed by atoms with Gasteiger partial charge in [0, 0.05) is 5.41 Å². The second-order valence-corrected chi connectivity index (χ2v) is 15.0. The normalized spacial score (nSPS) is 27.2. The van der Waals surface area contributed by atoms with E-state index in [0.717, 1.165) is 26.4 Å². The molecule has 1 spiro atoms. The summed E-state index contributed by atoms with van der Waals surface area (Å²) in [5.41, 5.74) is -8.46. The van der Waals surface area contributed by atoms with E-state index in [9.17, 15) is 24.3 Å². The average molecular weight is 665 g/mol. The smallest absolute Gasteiger partial charge is 0.314 e. The van der Waals surface area contributed by atoms with Crippen molar-refractivity contribution in [2.24, 2.45) is 43.8 Å². The summed E-state index contributed by atoms with van der Waals surface area (Å²) >= 11 is 0. The highest BCUT2D eigenvalue weighted by Gasteiger charge is 2.91. The van der Waals surface area contributed by atoms with E-state index >= 15 is 0 Å². The van der Waals surface area contributed by atoms with Gasteiger partial charge in [-0.15, -0.1) is 0 Å². The van der Waals surface area contributed by atoms with Crippen LogP contribution >= 0.6 is 0 Å². The number of carbonyl (C=O) groups is 4. The molecule has 3 fully saturated rings. The summed E-state index contributed by atoms with van der Waals surface area (Å²) in [6, 6.07) is 0. The summed E-state index contributed by atoms with van der Waals surface area (Å²) in [7, 11) is 1.14. The first-order valence-electron chi connectivity index (χ1n) is 13.7. The van der Waals surface area contributed by atoms with Crippen LogP contribution in [0.3, 0.4) is 0 Å². The first kappa shape index (κ1) is 56.2. The van der Waals surface area contributed by atoms with Gasteiger partial charge < -0.3 is 19.3 Å². The van der Waals surface area contributed by atoms with Crippen LogP contribution < -0.4 is 0 Å². The second kappa shape index (κ2) is 15.4. The van der Waals surface area contributed by atoms with Crippen molar-refractivity contribution in [3.05, 3.63) is 0 Å². The van der Waals surface area contributed by atoms with Crippen LogP contribution in [0.4, 0.5) is 0 Å². The van der Waals surface area contributed by atoms with E-state index in [1.807, 2.05) is 0 Å². The predicted molar refractivity (Wildman–Crippen MR) is 195 cm³/mol. The minimum atomic E-state index is -2.02. The van der Waals surface area contributed by atoms with Crippen molar-refractivity contribution in [1.29, 1.82) is 0 Å². The van der Waals surface area contributed by atoms with Gasteiger partial charge in [0.15, 0.2) is 0 Å². The first-order chi connectivity index (χ1) is 16.9. The summed E-state index contributed by atoms with van der Waals surface area (Å²) in [4.78, 5) is 54.4. The summed E-state index contributed by atoms with van der Waals surface area (Å²) in [6.45, 7) is 20.4. The standard InChI is InChI=1S/C30H48O8.8CH4/c1-23(2,3)38-22(35)29(12,28(11,21(34)36-13)24(4,5)19(31)32)25(6,7)20(33)37-18-16-17-14-15-27(10)26(8,9)30(17,18)27;;;;;;;;/h17-18H,14-16H2,1-13H3,(H,31,32);8*1H4. The van der Waals surface area contributed by atoms with E-state index < -0.39 is 51.1 Å².